The number of rotatable bonds is 4. The molecule has 1 N–H and O–H groups in total. The smallest absolute Gasteiger partial charge is 0.0852 e. The Bertz CT molecular complexity index is 211. The molecule has 17 heavy (non-hydrogen) atoms. The van der Waals surface area contributed by atoms with E-state index in [1.807, 2.05) is 0 Å². The predicted octanol–water partition coefficient (Wildman–Crippen LogP) is 0.864. The predicted molar refractivity (Wildman–Crippen MR) is 68.3 cm³/mol. The van der Waals surface area contributed by atoms with Gasteiger partial charge in [-0.15, -0.1) is 0 Å². The number of hydrogen-bond acceptors (Lipinski definition) is 4. The van der Waals surface area contributed by atoms with Gasteiger partial charge in [0, 0.05) is 38.8 Å². The van der Waals surface area contributed by atoms with Crippen LogP contribution in [-0.2, 0) is 9.47 Å². The third-order valence-electron chi connectivity index (χ3n) is 3.95. The van der Waals surface area contributed by atoms with Crippen molar-refractivity contribution in [3.8, 4) is 0 Å². The molecule has 0 saturated carbocycles. The minimum atomic E-state index is 0.354. The van der Waals surface area contributed by atoms with Crippen molar-refractivity contribution < 1.29 is 9.47 Å². The highest BCUT2D eigenvalue weighted by atomic mass is 16.5. The van der Waals surface area contributed by atoms with Gasteiger partial charge in [-0.2, -0.15) is 0 Å². The molecule has 0 spiro atoms. The van der Waals surface area contributed by atoms with Crippen LogP contribution in [-0.4, -0.2) is 62.5 Å². The fraction of sp³-hybridized carbons (Fsp3) is 1.00. The zero-order valence-electron chi connectivity index (χ0n) is 11.2. The van der Waals surface area contributed by atoms with Crippen molar-refractivity contribution >= 4 is 0 Å². The molecule has 4 heteroatoms. The highest BCUT2D eigenvalue weighted by Gasteiger charge is 2.29. The van der Waals surface area contributed by atoms with Crippen molar-refractivity contribution in [3.63, 3.8) is 0 Å². The minimum absolute atomic E-state index is 0.354. The Morgan fingerprint density at radius 1 is 1.41 bits per heavy atom. The summed E-state index contributed by atoms with van der Waals surface area (Å²) in [4.78, 5) is 2.55. The third-order valence-corrected chi connectivity index (χ3v) is 3.95. The summed E-state index contributed by atoms with van der Waals surface area (Å²) < 4.78 is 11.5. The van der Waals surface area contributed by atoms with E-state index in [0.29, 0.717) is 18.2 Å². The van der Waals surface area contributed by atoms with Gasteiger partial charge >= 0.3 is 0 Å². The van der Waals surface area contributed by atoms with Crippen molar-refractivity contribution in [3.05, 3.63) is 0 Å². The van der Waals surface area contributed by atoms with E-state index in [9.17, 15) is 0 Å². The molecular weight excluding hydrogens is 216 g/mol. The summed E-state index contributed by atoms with van der Waals surface area (Å²) in [6.45, 7) is 10.3. The number of ether oxygens (including phenoxy) is 2. The summed E-state index contributed by atoms with van der Waals surface area (Å²) >= 11 is 0. The summed E-state index contributed by atoms with van der Waals surface area (Å²) in [5.41, 5.74) is 0. The first-order valence-corrected chi connectivity index (χ1v) is 6.99. The fourth-order valence-corrected chi connectivity index (χ4v) is 2.82. The van der Waals surface area contributed by atoms with Gasteiger partial charge in [0.1, 0.15) is 0 Å². The molecule has 0 radical (unpaired) electrons. The van der Waals surface area contributed by atoms with Crippen LogP contribution in [0.1, 0.15) is 26.7 Å². The van der Waals surface area contributed by atoms with Gasteiger partial charge in [-0.05, 0) is 26.7 Å². The molecule has 0 bridgehead atoms. The van der Waals surface area contributed by atoms with Crippen LogP contribution >= 0.6 is 0 Å². The van der Waals surface area contributed by atoms with Crippen LogP contribution < -0.4 is 5.32 Å². The lowest BCUT2D eigenvalue weighted by molar-refractivity contribution is -0.0494. The topological polar surface area (TPSA) is 33.7 Å². The van der Waals surface area contributed by atoms with E-state index < -0.39 is 0 Å². The Hall–Kier alpha value is -0.160. The SMILES string of the molecule is CCOC1CCN(C(C)C2CNCCO2)CC1. The Morgan fingerprint density at radius 2 is 2.18 bits per heavy atom. The van der Waals surface area contributed by atoms with E-state index >= 15 is 0 Å². The average Bonchev–Trinajstić information content (AvgIpc) is 2.40. The standard InChI is InChI=1S/C13H26N2O2/c1-3-16-12-4-7-15(8-5-12)11(2)13-10-14-6-9-17-13/h11-14H,3-10H2,1-2H3. The molecule has 2 aliphatic rings. The second kappa shape index (κ2) is 6.69. The Morgan fingerprint density at radius 3 is 2.76 bits per heavy atom. The second-order valence-electron chi connectivity index (χ2n) is 5.04. The van der Waals surface area contributed by atoms with E-state index in [2.05, 4.69) is 24.1 Å². The fourth-order valence-electron chi connectivity index (χ4n) is 2.82. The lowest BCUT2D eigenvalue weighted by atomic mass is 10.0. The summed E-state index contributed by atoms with van der Waals surface area (Å²) in [5, 5.41) is 3.41. The molecule has 0 aliphatic carbocycles. The highest BCUT2D eigenvalue weighted by Crippen LogP contribution is 2.18. The van der Waals surface area contributed by atoms with Crippen LogP contribution in [0, 0.1) is 0 Å². The van der Waals surface area contributed by atoms with Crippen molar-refractivity contribution in [2.24, 2.45) is 0 Å². The molecule has 0 aromatic rings. The van der Waals surface area contributed by atoms with Crippen molar-refractivity contribution in [2.75, 3.05) is 39.4 Å². The lowest BCUT2D eigenvalue weighted by Gasteiger charge is -2.40. The van der Waals surface area contributed by atoms with Gasteiger partial charge in [-0.25, -0.2) is 0 Å². The van der Waals surface area contributed by atoms with Gasteiger partial charge in [0.15, 0.2) is 0 Å². The molecule has 100 valence electrons. The lowest BCUT2D eigenvalue weighted by Crippen LogP contribution is -2.53. The quantitative estimate of drug-likeness (QED) is 0.793. The minimum Gasteiger partial charge on any atom is -0.378 e. The Kier molecular flexibility index (Phi) is 5.22. The molecule has 2 fully saturated rings. The molecule has 2 rings (SSSR count). The number of likely N-dealkylation sites (tertiary alicyclic amines) is 1. The molecule has 2 heterocycles. The number of morpholine rings is 1. The van der Waals surface area contributed by atoms with Gasteiger partial charge in [0.25, 0.3) is 0 Å². The summed E-state index contributed by atoms with van der Waals surface area (Å²) in [6, 6.07) is 0.519. The van der Waals surface area contributed by atoms with E-state index in [4.69, 9.17) is 9.47 Å². The monoisotopic (exact) mass is 242 g/mol. The normalized spacial score (nSPS) is 30.4. The van der Waals surface area contributed by atoms with Gasteiger partial charge in [-0.1, -0.05) is 0 Å². The number of piperidine rings is 1. The first-order valence-electron chi connectivity index (χ1n) is 6.99. The van der Waals surface area contributed by atoms with Crippen LogP contribution in [0.25, 0.3) is 0 Å². The van der Waals surface area contributed by atoms with E-state index in [1.54, 1.807) is 0 Å². The van der Waals surface area contributed by atoms with Gasteiger partial charge < -0.3 is 14.8 Å². The van der Waals surface area contributed by atoms with Gasteiger partial charge in [0.05, 0.1) is 18.8 Å². The maximum absolute atomic E-state index is 5.83. The van der Waals surface area contributed by atoms with Crippen molar-refractivity contribution in [1.29, 1.82) is 0 Å². The van der Waals surface area contributed by atoms with E-state index in [-0.39, 0.29) is 0 Å². The molecule has 0 amide bonds. The van der Waals surface area contributed by atoms with Crippen molar-refractivity contribution in [2.45, 2.75) is 44.9 Å². The largest absolute Gasteiger partial charge is 0.378 e. The number of hydrogen-bond donors (Lipinski definition) is 1. The van der Waals surface area contributed by atoms with Crippen LogP contribution in [0.5, 0.6) is 0 Å². The molecule has 2 aliphatic heterocycles. The Balaban J connectivity index is 1.75. The van der Waals surface area contributed by atoms with Gasteiger partial charge in [-0.3, -0.25) is 4.90 Å². The van der Waals surface area contributed by atoms with Crippen LogP contribution in [0.2, 0.25) is 0 Å². The van der Waals surface area contributed by atoms with Crippen molar-refractivity contribution in [1.82, 2.24) is 10.2 Å². The molecule has 0 aromatic heterocycles. The summed E-state index contributed by atoms with van der Waals surface area (Å²) in [7, 11) is 0. The highest BCUT2D eigenvalue weighted by molar-refractivity contribution is 4.84. The Labute approximate surface area is 105 Å². The summed E-state index contributed by atoms with van der Waals surface area (Å²) in [5.74, 6) is 0. The molecule has 2 unspecified atom stereocenters. The second-order valence-corrected chi connectivity index (χ2v) is 5.04. The van der Waals surface area contributed by atoms with Crippen LogP contribution in [0.15, 0.2) is 0 Å². The first kappa shape index (κ1) is 13.3. The molecule has 4 nitrogen and oxygen atoms in total. The molecule has 2 saturated heterocycles. The maximum Gasteiger partial charge on any atom is 0.0852 e. The molecule has 0 aromatic carbocycles. The number of nitrogens with one attached hydrogen (secondary N) is 1. The third kappa shape index (κ3) is 3.65. The van der Waals surface area contributed by atoms with E-state index in [1.165, 1.54) is 12.8 Å². The zero-order chi connectivity index (χ0) is 12.1. The van der Waals surface area contributed by atoms with Gasteiger partial charge in [0.2, 0.25) is 0 Å². The summed E-state index contributed by atoms with van der Waals surface area (Å²) in [6.07, 6.45) is 3.16. The van der Waals surface area contributed by atoms with Crippen LogP contribution in [0.4, 0.5) is 0 Å². The molecular formula is C13H26N2O2. The van der Waals surface area contributed by atoms with Crippen LogP contribution in [0.3, 0.4) is 0 Å². The zero-order valence-corrected chi connectivity index (χ0v) is 11.2. The maximum atomic E-state index is 5.83. The number of nitrogens with zero attached hydrogens (tertiary/aromatic N) is 1. The first-order chi connectivity index (χ1) is 8.31. The average molecular weight is 242 g/mol. The van der Waals surface area contributed by atoms with E-state index in [0.717, 1.165) is 39.4 Å². The molecule has 2 atom stereocenters.